The van der Waals surface area contributed by atoms with Crippen LogP contribution in [0.2, 0.25) is 0 Å². The van der Waals surface area contributed by atoms with E-state index in [1.165, 1.54) is 5.56 Å². The summed E-state index contributed by atoms with van der Waals surface area (Å²) in [6.07, 6.45) is 8.52. The number of rotatable bonds is 8. The molecule has 0 N–H and O–H groups in total. The minimum Gasteiger partial charge on any atom is -0.373 e. The first-order chi connectivity index (χ1) is 15.7. The number of piperidine rings is 2. The van der Waals surface area contributed by atoms with Crippen LogP contribution >= 0.6 is 0 Å². The normalized spacial score (nSPS) is 19.9. The van der Waals surface area contributed by atoms with Crippen molar-refractivity contribution in [1.82, 2.24) is 14.8 Å². The summed E-state index contributed by atoms with van der Waals surface area (Å²) in [5.74, 6) is 0.318. The fraction of sp³-hybridized carbons (Fsp3) is 0.500. The third kappa shape index (κ3) is 6.16. The van der Waals surface area contributed by atoms with Crippen LogP contribution < -0.4 is 0 Å². The van der Waals surface area contributed by atoms with Crippen molar-refractivity contribution in [3.8, 4) is 0 Å². The molecule has 2 aliphatic heterocycles. The van der Waals surface area contributed by atoms with E-state index in [4.69, 9.17) is 4.74 Å². The number of carbonyl (C=O) groups is 2. The van der Waals surface area contributed by atoms with Crippen LogP contribution in [0.1, 0.15) is 43.2 Å². The van der Waals surface area contributed by atoms with Crippen LogP contribution in [-0.4, -0.2) is 58.9 Å². The summed E-state index contributed by atoms with van der Waals surface area (Å²) >= 11 is 0. The van der Waals surface area contributed by atoms with E-state index in [-0.39, 0.29) is 23.8 Å². The lowest BCUT2D eigenvalue weighted by atomic mass is 9.94. The van der Waals surface area contributed by atoms with E-state index in [0.29, 0.717) is 26.0 Å². The Morgan fingerprint density at radius 3 is 2.56 bits per heavy atom. The average molecular weight is 436 g/mol. The van der Waals surface area contributed by atoms with Crippen LogP contribution in [0.4, 0.5) is 0 Å². The average Bonchev–Trinajstić information content (AvgIpc) is 2.85. The van der Waals surface area contributed by atoms with Crippen LogP contribution in [0.3, 0.4) is 0 Å². The third-order valence-corrected chi connectivity index (χ3v) is 6.55. The zero-order valence-corrected chi connectivity index (χ0v) is 18.7. The number of benzene rings is 1. The quantitative estimate of drug-likeness (QED) is 0.637. The lowest BCUT2D eigenvalue weighted by molar-refractivity contribution is -0.144. The Labute approximate surface area is 190 Å². The largest absolute Gasteiger partial charge is 0.373 e. The van der Waals surface area contributed by atoms with Crippen molar-refractivity contribution in [2.45, 2.75) is 51.2 Å². The van der Waals surface area contributed by atoms with Crippen LogP contribution in [-0.2, 0) is 27.4 Å². The van der Waals surface area contributed by atoms with Gasteiger partial charge in [0.1, 0.15) is 0 Å². The fourth-order valence-corrected chi connectivity index (χ4v) is 4.65. The smallest absolute Gasteiger partial charge is 0.227 e. The molecule has 2 amide bonds. The van der Waals surface area contributed by atoms with Crippen molar-refractivity contribution >= 4 is 11.8 Å². The Balaban J connectivity index is 1.20. The summed E-state index contributed by atoms with van der Waals surface area (Å²) < 4.78 is 6.02. The first-order valence-corrected chi connectivity index (χ1v) is 11.8. The predicted octanol–water partition coefficient (Wildman–Crippen LogP) is 3.46. The predicted molar refractivity (Wildman–Crippen MR) is 123 cm³/mol. The zero-order valence-electron chi connectivity index (χ0n) is 18.7. The van der Waals surface area contributed by atoms with Crippen LogP contribution in [0.5, 0.6) is 0 Å². The van der Waals surface area contributed by atoms with Crippen LogP contribution in [0.25, 0.3) is 0 Å². The summed E-state index contributed by atoms with van der Waals surface area (Å²) in [6.45, 7) is 3.31. The molecular formula is C26H33N3O3. The Bertz CT molecular complexity index is 866. The summed E-state index contributed by atoms with van der Waals surface area (Å²) in [5, 5.41) is 0. The van der Waals surface area contributed by atoms with Crippen molar-refractivity contribution in [2.75, 3.05) is 26.2 Å². The molecule has 32 heavy (non-hydrogen) atoms. The molecule has 2 aliphatic rings. The molecule has 0 bridgehead atoms. The maximum absolute atomic E-state index is 13.1. The van der Waals surface area contributed by atoms with Gasteiger partial charge >= 0.3 is 0 Å². The number of nitrogens with zero attached hydrogens (tertiary/aromatic N) is 3. The number of aromatic nitrogens is 1. The molecule has 0 spiro atoms. The van der Waals surface area contributed by atoms with Crippen molar-refractivity contribution in [3.05, 3.63) is 66.0 Å². The summed E-state index contributed by atoms with van der Waals surface area (Å²) in [7, 11) is 0. The highest BCUT2D eigenvalue weighted by atomic mass is 16.5. The molecule has 1 aromatic heterocycles. The van der Waals surface area contributed by atoms with Gasteiger partial charge in [-0.15, -0.1) is 0 Å². The molecular weight excluding hydrogens is 402 g/mol. The SMILES string of the molecule is O=C1CC[C@@H](C(=O)N2CCC(OCc3cccnc3)CC2)CN1CCCc1ccccc1. The highest BCUT2D eigenvalue weighted by Crippen LogP contribution is 2.23. The second kappa shape index (κ2) is 11.2. The van der Waals surface area contributed by atoms with Crippen LogP contribution in [0.15, 0.2) is 54.9 Å². The number of hydrogen-bond donors (Lipinski definition) is 0. The first-order valence-electron chi connectivity index (χ1n) is 11.8. The van der Waals surface area contributed by atoms with Gasteiger partial charge in [0, 0.05) is 45.0 Å². The van der Waals surface area contributed by atoms with Gasteiger partial charge in [-0.25, -0.2) is 0 Å². The molecule has 2 aromatic rings. The highest BCUT2D eigenvalue weighted by molar-refractivity contribution is 5.84. The van der Waals surface area contributed by atoms with Gasteiger partial charge in [-0.05, 0) is 49.3 Å². The summed E-state index contributed by atoms with van der Waals surface area (Å²) in [5.41, 5.74) is 2.36. The molecule has 4 rings (SSSR count). The number of ether oxygens (including phenoxy) is 1. The van der Waals surface area contributed by atoms with E-state index >= 15 is 0 Å². The van der Waals surface area contributed by atoms with Gasteiger partial charge in [-0.2, -0.15) is 0 Å². The van der Waals surface area contributed by atoms with E-state index in [0.717, 1.165) is 50.9 Å². The van der Waals surface area contributed by atoms with Gasteiger partial charge < -0.3 is 14.5 Å². The maximum atomic E-state index is 13.1. The first kappa shape index (κ1) is 22.5. The lowest BCUT2D eigenvalue weighted by Gasteiger charge is -2.37. The molecule has 170 valence electrons. The topological polar surface area (TPSA) is 62.7 Å². The number of hydrogen-bond acceptors (Lipinski definition) is 4. The lowest BCUT2D eigenvalue weighted by Crippen LogP contribution is -2.49. The summed E-state index contributed by atoms with van der Waals surface area (Å²) in [6, 6.07) is 14.3. The standard InChI is InChI=1S/C26H33N3O3/c30-25-11-10-23(19-29(25)15-5-9-21-6-2-1-3-7-21)26(31)28-16-12-24(13-17-28)32-20-22-8-4-14-27-18-22/h1-4,6-8,14,18,23-24H,5,9-13,15-17,19-20H2/t23-/m1/s1. The Morgan fingerprint density at radius 1 is 1.03 bits per heavy atom. The molecule has 2 fully saturated rings. The fourth-order valence-electron chi connectivity index (χ4n) is 4.65. The second-order valence-electron chi connectivity index (χ2n) is 8.86. The Hall–Kier alpha value is -2.73. The molecule has 1 aromatic carbocycles. The Kier molecular flexibility index (Phi) is 7.88. The molecule has 0 saturated carbocycles. The van der Waals surface area contributed by atoms with Crippen molar-refractivity contribution in [1.29, 1.82) is 0 Å². The van der Waals surface area contributed by atoms with E-state index in [1.54, 1.807) is 6.20 Å². The monoisotopic (exact) mass is 435 g/mol. The van der Waals surface area contributed by atoms with Gasteiger partial charge in [0.25, 0.3) is 0 Å². The van der Waals surface area contributed by atoms with Crippen LogP contribution in [0, 0.1) is 5.92 Å². The van der Waals surface area contributed by atoms with Gasteiger partial charge in [-0.3, -0.25) is 14.6 Å². The van der Waals surface area contributed by atoms with E-state index in [1.807, 2.05) is 46.3 Å². The van der Waals surface area contributed by atoms with Gasteiger partial charge in [0.2, 0.25) is 11.8 Å². The minimum atomic E-state index is -0.0720. The number of pyridine rings is 1. The van der Waals surface area contributed by atoms with Crippen molar-refractivity contribution in [3.63, 3.8) is 0 Å². The van der Waals surface area contributed by atoms with Crippen molar-refractivity contribution in [2.24, 2.45) is 5.92 Å². The molecule has 1 atom stereocenters. The van der Waals surface area contributed by atoms with Crippen molar-refractivity contribution < 1.29 is 14.3 Å². The number of carbonyl (C=O) groups excluding carboxylic acids is 2. The van der Waals surface area contributed by atoms with E-state index < -0.39 is 0 Å². The molecule has 0 radical (unpaired) electrons. The number of aryl methyl sites for hydroxylation is 1. The summed E-state index contributed by atoms with van der Waals surface area (Å²) in [4.78, 5) is 33.5. The maximum Gasteiger partial charge on any atom is 0.227 e. The molecule has 2 saturated heterocycles. The molecule has 0 aliphatic carbocycles. The third-order valence-electron chi connectivity index (χ3n) is 6.55. The van der Waals surface area contributed by atoms with Gasteiger partial charge in [-0.1, -0.05) is 36.4 Å². The molecule has 3 heterocycles. The highest BCUT2D eigenvalue weighted by Gasteiger charge is 2.34. The van der Waals surface area contributed by atoms with E-state index in [2.05, 4.69) is 17.1 Å². The van der Waals surface area contributed by atoms with E-state index in [9.17, 15) is 9.59 Å². The zero-order chi connectivity index (χ0) is 22.2. The van der Waals surface area contributed by atoms with Gasteiger partial charge in [0.05, 0.1) is 18.6 Å². The molecule has 6 heteroatoms. The second-order valence-corrected chi connectivity index (χ2v) is 8.86. The number of amides is 2. The molecule has 6 nitrogen and oxygen atoms in total. The van der Waals surface area contributed by atoms with Gasteiger partial charge in [0.15, 0.2) is 0 Å². The Morgan fingerprint density at radius 2 is 1.81 bits per heavy atom. The number of likely N-dealkylation sites (tertiary alicyclic amines) is 2. The minimum absolute atomic E-state index is 0.0720. The molecule has 0 unspecified atom stereocenters.